The molecule has 1 unspecified atom stereocenters. The number of carbonyl (C=O) groups excluding carboxylic acids is 1. The van der Waals surface area contributed by atoms with E-state index in [2.05, 4.69) is 0 Å². The molecule has 0 aromatic heterocycles. The molecule has 5 heteroatoms. The standard InChI is InChI=1S/C13H19O4P/c1-3-16-18(15,17-4-2)13(10-11-14)12-8-6-5-7-9-12/h5-9,11,13H,3-4,10H2,1-2H3. The van der Waals surface area contributed by atoms with Crippen LogP contribution in [0.4, 0.5) is 0 Å². The van der Waals surface area contributed by atoms with Crippen LogP contribution in [0.15, 0.2) is 30.3 Å². The van der Waals surface area contributed by atoms with Crippen LogP contribution >= 0.6 is 7.60 Å². The zero-order valence-electron chi connectivity index (χ0n) is 10.7. The SMILES string of the molecule is CCOP(=O)(OCC)C(CC=O)c1ccccc1. The first-order valence-corrected chi connectivity index (χ1v) is 7.66. The van der Waals surface area contributed by atoms with Gasteiger partial charge < -0.3 is 13.8 Å². The van der Waals surface area contributed by atoms with Crippen molar-refractivity contribution in [1.29, 1.82) is 0 Å². The highest BCUT2D eigenvalue weighted by atomic mass is 31.2. The van der Waals surface area contributed by atoms with Crippen molar-refractivity contribution >= 4 is 13.9 Å². The van der Waals surface area contributed by atoms with Gasteiger partial charge >= 0.3 is 7.60 Å². The predicted molar refractivity (Wildman–Crippen MR) is 70.7 cm³/mol. The lowest BCUT2D eigenvalue weighted by molar-refractivity contribution is -0.108. The van der Waals surface area contributed by atoms with Gasteiger partial charge in [-0.25, -0.2) is 0 Å². The summed E-state index contributed by atoms with van der Waals surface area (Å²) in [5.41, 5.74) is 0.269. The second-order valence-corrected chi connectivity index (χ2v) is 5.92. The molecule has 1 aromatic carbocycles. The van der Waals surface area contributed by atoms with Crippen LogP contribution < -0.4 is 0 Å². The third-order valence-electron chi connectivity index (χ3n) is 2.50. The Kier molecular flexibility index (Phi) is 6.27. The summed E-state index contributed by atoms with van der Waals surface area (Å²) < 4.78 is 23.3. The number of rotatable bonds is 8. The largest absolute Gasteiger partial charge is 0.338 e. The number of hydrogen-bond acceptors (Lipinski definition) is 4. The molecular formula is C13H19O4P. The molecule has 0 fully saturated rings. The minimum atomic E-state index is -3.30. The highest BCUT2D eigenvalue weighted by Gasteiger charge is 2.36. The number of benzene rings is 1. The minimum absolute atomic E-state index is 0.126. The van der Waals surface area contributed by atoms with Gasteiger partial charge in [-0.05, 0) is 19.4 Å². The summed E-state index contributed by atoms with van der Waals surface area (Å²) in [6.45, 7) is 4.10. The molecule has 1 aromatic rings. The van der Waals surface area contributed by atoms with E-state index in [1.54, 1.807) is 13.8 Å². The molecule has 0 N–H and O–H groups in total. The van der Waals surface area contributed by atoms with Crippen molar-refractivity contribution in [3.63, 3.8) is 0 Å². The summed E-state index contributed by atoms with van der Waals surface area (Å²) in [6.07, 6.45) is 0.879. The Balaban J connectivity index is 3.08. The normalized spacial score (nSPS) is 13.2. The summed E-state index contributed by atoms with van der Waals surface area (Å²) in [5.74, 6) is 0. The Labute approximate surface area is 108 Å². The van der Waals surface area contributed by atoms with Crippen molar-refractivity contribution in [3.8, 4) is 0 Å². The first-order valence-electron chi connectivity index (χ1n) is 6.05. The van der Waals surface area contributed by atoms with Crippen LogP contribution in [0.3, 0.4) is 0 Å². The van der Waals surface area contributed by atoms with Gasteiger partial charge in [-0.2, -0.15) is 0 Å². The highest BCUT2D eigenvalue weighted by Crippen LogP contribution is 2.62. The Morgan fingerprint density at radius 3 is 2.17 bits per heavy atom. The summed E-state index contributed by atoms with van der Waals surface area (Å²) in [6, 6.07) is 9.22. The first kappa shape index (κ1) is 15.1. The van der Waals surface area contributed by atoms with Crippen LogP contribution in [-0.2, 0) is 18.4 Å². The summed E-state index contributed by atoms with van der Waals surface area (Å²) in [7, 11) is -3.30. The van der Waals surface area contributed by atoms with E-state index in [1.165, 1.54) is 0 Å². The van der Waals surface area contributed by atoms with Gasteiger partial charge in [-0.1, -0.05) is 30.3 Å². The van der Waals surface area contributed by atoms with Gasteiger partial charge in [-0.3, -0.25) is 4.57 Å². The lowest BCUT2D eigenvalue weighted by Gasteiger charge is -2.25. The summed E-state index contributed by atoms with van der Waals surface area (Å²) in [4.78, 5) is 10.8. The molecular weight excluding hydrogens is 251 g/mol. The van der Waals surface area contributed by atoms with Crippen LogP contribution in [0.2, 0.25) is 0 Å². The Morgan fingerprint density at radius 2 is 1.72 bits per heavy atom. The first-order chi connectivity index (χ1) is 8.68. The van der Waals surface area contributed by atoms with Crippen molar-refractivity contribution < 1.29 is 18.4 Å². The number of aldehydes is 1. The van der Waals surface area contributed by atoms with Crippen molar-refractivity contribution in [2.75, 3.05) is 13.2 Å². The molecule has 100 valence electrons. The summed E-state index contributed by atoms with van der Waals surface area (Å²) in [5, 5.41) is 0. The van der Waals surface area contributed by atoms with E-state index in [1.807, 2.05) is 30.3 Å². The van der Waals surface area contributed by atoms with Crippen LogP contribution in [0.5, 0.6) is 0 Å². The molecule has 0 spiro atoms. The van der Waals surface area contributed by atoms with Gasteiger partial charge in [-0.15, -0.1) is 0 Å². The fourth-order valence-corrected chi connectivity index (χ4v) is 3.83. The molecule has 0 amide bonds. The van der Waals surface area contributed by atoms with E-state index in [-0.39, 0.29) is 6.42 Å². The van der Waals surface area contributed by atoms with Gasteiger partial charge in [0.25, 0.3) is 0 Å². The molecule has 0 heterocycles. The van der Waals surface area contributed by atoms with Crippen LogP contribution in [-0.4, -0.2) is 19.5 Å². The lowest BCUT2D eigenvalue weighted by atomic mass is 10.1. The van der Waals surface area contributed by atoms with Crippen molar-refractivity contribution in [2.24, 2.45) is 0 Å². The van der Waals surface area contributed by atoms with E-state index in [9.17, 15) is 9.36 Å². The number of hydrogen-bond donors (Lipinski definition) is 0. The maximum absolute atomic E-state index is 12.7. The maximum atomic E-state index is 12.7. The molecule has 1 atom stereocenters. The molecule has 4 nitrogen and oxygen atoms in total. The smallest absolute Gasteiger partial charge is 0.308 e. The van der Waals surface area contributed by atoms with Gasteiger partial charge in [0.15, 0.2) is 0 Å². The van der Waals surface area contributed by atoms with Crippen LogP contribution in [0.25, 0.3) is 0 Å². The molecule has 1 rings (SSSR count). The molecule has 0 saturated heterocycles. The predicted octanol–water partition coefficient (Wildman–Crippen LogP) is 3.58. The Hall–Kier alpha value is -0.960. The zero-order chi connectivity index (χ0) is 13.4. The second-order valence-electron chi connectivity index (χ2n) is 3.70. The van der Waals surface area contributed by atoms with E-state index in [0.29, 0.717) is 13.2 Å². The van der Waals surface area contributed by atoms with Crippen molar-refractivity contribution in [2.45, 2.75) is 25.9 Å². The summed E-state index contributed by atoms with van der Waals surface area (Å²) >= 11 is 0. The van der Waals surface area contributed by atoms with E-state index < -0.39 is 13.3 Å². The van der Waals surface area contributed by atoms with Crippen LogP contribution in [0.1, 0.15) is 31.5 Å². The van der Waals surface area contributed by atoms with Gasteiger partial charge in [0.2, 0.25) is 0 Å². The molecule has 0 bridgehead atoms. The average molecular weight is 270 g/mol. The Morgan fingerprint density at radius 1 is 1.17 bits per heavy atom. The quantitative estimate of drug-likeness (QED) is 0.535. The molecule has 0 aliphatic rings. The Bertz CT molecular complexity index is 395. The minimum Gasteiger partial charge on any atom is -0.308 e. The topological polar surface area (TPSA) is 52.6 Å². The molecule has 18 heavy (non-hydrogen) atoms. The van der Waals surface area contributed by atoms with E-state index >= 15 is 0 Å². The van der Waals surface area contributed by atoms with Crippen molar-refractivity contribution in [1.82, 2.24) is 0 Å². The van der Waals surface area contributed by atoms with E-state index in [4.69, 9.17) is 9.05 Å². The van der Waals surface area contributed by atoms with Crippen LogP contribution in [0, 0.1) is 0 Å². The monoisotopic (exact) mass is 270 g/mol. The van der Waals surface area contributed by atoms with Gasteiger partial charge in [0.1, 0.15) is 6.29 Å². The zero-order valence-corrected chi connectivity index (χ0v) is 11.6. The average Bonchev–Trinajstić information content (AvgIpc) is 2.37. The third kappa shape index (κ3) is 3.77. The molecule has 0 saturated carbocycles. The fourth-order valence-electron chi connectivity index (χ4n) is 1.79. The second kappa shape index (κ2) is 7.47. The maximum Gasteiger partial charge on any atom is 0.338 e. The van der Waals surface area contributed by atoms with Gasteiger partial charge in [0, 0.05) is 6.42 Å². The molecule has 0 aliphatic carbocycles. The lowest BCUT2D eigenvalue weighted by Crippen LogP contribution is -2.07. The van der Waals surface area contributed by atoms with Crippen molar-refractivity contribution in [3.05, 3.63) is 35.9 Å². The highest BCUT2D eigenvalue weighted by molar-refractivity contribution is 7.54. The molecule has 0 radical (unpaired) electrons. The van der Waals surface area contributed by atoms with E-state index in [0.717, 1.165) is 11.8 Å². The van der Waals surface area contributed by atoms with Gasteiger partial charge in [0.05, 0.1) is 18.9 Å². The third-order valence-corrected chi connectivity index (χ3v) is 5.01. The fraction of sp³-hybridized carbons (Fsp3) is 0.462. The molecule has 0 aliphatic heterocycles. The number of carbonyl (C=O) groups is 1.